The molecule has 70 valence electrons. The smallest absolute Gasteiger partial charge is 0.301 e. The van der Waals surface area contributed by atoms with Crippen LogP contribution in [0.15, 0.2) is 28.7 Å². The number of benzene rings is 1. The first-order valence-electron chi connectivity index (χ1n) is 4.36. The highest BCUT2D eigenvalue weighted by Crippen LogP contribution is 2.36. The van der Waals surface area contributed by atoms with Crippen LogP contribution in [0.4, 0.5) is 0 Å². The van der Waals surface area contributed by atoms with Crippen LogP contribution in [0.25, 0.3) is 11.3 Å². The molecule has 1 aromatic carbocycles. The predicted octanol–water partition coefficient (Wildman–Crippen LogP) is 1.76. The molecule has 0 fully saturated rings. The largest absolute Gasteiger partial charge is 0.428 e. The van der Waals surface area contributed by atoms with Crippen molar-refractivity contribution in [3.63, 3.8) is 0 Å². The zero-order valence-electron chi connectivity index (χ0n) is 7.52. The van der Waals surface area contributed by atoms with Gasteiger partial charge in [0.05, 0.1) is 0 Å². The van der Waals surface area contributed by atoms with E-state index >= 15 is 0 Å². The Morgan fingerprint density at radius 1 is 1.27 bits per heavy atom. The summed E-state index contributed by atoms with van der Waals surface area (Å²) >= 11 is 0. The van der Waals surface area contributed by atoms with Gasteiger partial charge < -0.3 is 4.42 Å². The van der Waals surface area contributed by atoms with Gasteiger partial charge in [0, 0.05) is 11.1 Å². The molecule has 15 heavy (non-hydrogen) atoms. The van der Waals surface area contributed by atoms with E-state index in [1.54, 1.807) is 24.3 Å². The molecular weight excluding hydrogens is 192 g/mol. The van der Waals surface area contributed by atoms with Crippen molar-refractivity contribution in [3.05, 3.63) is 41.4 Å². The minimum absolute atomic E-state index is 0.0668. The third kappa shape index (κ3) is 0.891. The Balaban J connectivity index is 2.35. The molecule has 0 bridgehead atoms. The van der Waals surface area contributed by atoms with E-state index in [-0.39, 0.29) is 17.4 Å². The Labute approximate surface area is 84.8 Å². The number of nitrogens with zero attached hydrogens (tertiary/aromatic N) is 2. The van der Waals surface area contributed by atoms with Crippen molar-refractivity contribution in [2.24, 2.45) is 0 Å². The van der Waals surface area contributed by atoms with Crippen molar-refractivity contribution in [1.82, 2.24) is 4.98 Å². The molecule has 4 nitrogen and oxygen atoms in total. The lowest BCUT2D eigenvalue weighted by Gasteiger charge is -1.94. The van der Waals surface area contributed by atoms with Crippen LogP contribution in [0.2, 0.25) is 0 Å². The molecule has 2 aromatic rings. The predicted molar refractivity (Wildman–Crippen MR) is 50.1 cm³/mol. The number of nitriles is 1. The highest BCUT2D eigenvalue weighted by molar-refractivity contribution is 6.19. The van der Waals surface area contributed by atoms with E-state index in [1.165, 1.54) is 0 Å². The minimum atomic E-state index is -0.175. The van der Waals surface area contributed by atoms with Crippen LogP contribution in [0.1, 0.15) is 21.9 Å². The molecule has 0 saturated carbocycles. The molecule has 0 atom stereocenters. The Kier molecular flexibility index (Phi) is 1.35. The number of fused-ring (bicyclic) bond motifs is 3. The average molecular weight is 196 g/mol. The number of ketones is 1. The second-order valence-corrected chi connectivity index (χ2v) is 3.18. The standard InChI is InChI=1S/C11H4N2O2/c12-5-8-13-9-10(14)6-3-1-2-4-7(6)11(9)15-8/h1-4H. The van der Waals surface area contributed by atoms with Gasteiger partial charge in [0.25, 0.3) is 0 Å². The van der Waals surface area contributed by atoms with E-state index in [2.05, 4.69) is 4.98 Å². The third-order valence-corrected chi connectivity index (χ3v) is 2.35. The number of aromatic nitrogens is 1. The fourth-order valence-corrected chi connectivity index (χ4v) is 1.71. The Morgan fingerprint density at radius 3 is 2.73 bits per heavy atom. The Hall–Kier alpha value is -2.41. The first kappa shape index (κ1) is 7.94. The molecule has 0 radical (unpaired) electrons. The van der Waals surface area contributed by atoms with Crippen molar-refractivity contribution in [2.75, 3.05) is 0 Å². The maximum atomic E-state index is 11.8. The summed E-state index contributed by atoms with van der Waals surface area (Å²) in [5.74, 6) is 0.167. The van der Waals surface area contributed by atoms with Crippen LogP contribution in [-0.4, -0.2) is 10.8 Å². The SMILES string of the molecule is N#Cc1nc2c(o1)-c1ccccc1C2=O. The monoisotopic (exact) mass is 196 g/mol. The second kappa shape index (κ2) is 2.55. The van der Waals surface area contributed by atoms with Crippen LogP contribution in [-0.2, 0) is 0 Å². The van der Waals surface area contributed by atoms with E-state index in [0.29, 0.717) is 16.9 Å². The molecule has 0 aliphatic heterocycles. The molecule has 1 aromatic heterocycles. The summed E-state index contributed by atoms with van der Waals surface area (Å²) in [7, 11) is 0. The van der Waals surface area contributed by atoms with Gasteiger partial charge >= 0.3 is 5.89 Å². The molecule has 0 N–H and O–H groups in total. The summed E-state index contributed by atoms with van der Waals surface area (Å²) in [6.45, 7) is 0. The average Bonchev–Trinajstić information content (AvgIpc) is 2.80. The molecule has 1 aliphatic rings. The van der Waals surface area contributed by atoms with Crippen molar-refractivity contribution in [3.8, 4) is 17.4 Å². The van der Waals surface area contributed by atoms with Gasteiger partial charge in [-0.25, -0.2) is 0 Å². The number of carbonyl (C=O) groups excluding carboxylic acids is 1. The van der Waals surface area contributed by atoms with Gasteiger partial charge in [0.15, 0.2) is 17.5 Å². The van der Waals surface area contributed by atoms with Gasteiger partial charge in [0.2, 0.25) is 5.78 Å². The van der Waals surface area contributed by atoms with Crippen LogP contribution >= 0.6 is 0 Å². The zero-order chi connectivity index (χ0) is 10.4. The first-order chi connectivity index (χ1) is 7.31. The summed E-state index contributed by atoms with van der Waals surface area (Å²) in [5, 5.41) is 8.61. The van der Waals surface area contributed by atoms with E-state index in [9.17, 15) is 4.79 Å². The molecule has 0 saturated heterocycles. The normalized spacial score (nSPS) is 12.1. The highest BCUT2D eigenvalue weighted by atomic mass is 16.4. The molecule has 0 amide bonds. The Morgan fingerprint density at radius 2 is 2.00 bits per heavy atom. The van der Waals surface area contributed by atoms with Crippen molar-refractivity contribution in [1.29, 1.82) is 5.26 Å². The van der Waals surface area contributed by atoms with Crippen molar-refractivity contribution < 1.29 is 9.21 Å². The van der Waals surface area contributed by atoms with Crippen LogP contribution in [0, 0.1) is 11.3 Å². The highest BCUT2D eigenvalue weighted by Gasteiger charge is 2.32. The van der Waals surface area contributed by atoms with Crippen LogP contribution in [0.5, 0.6) is 0 Å². The fourth-order valence-electron chi connectivity index (χ4n) is 1.71. The number of hydrogen-bond acceptors (Lipinski definition) is 4. The second-order valence-electron chi connectivity index (χ2n) is 3.18. The van der Waals surface area contributed by atoms with E-state index in [4.69, 9.17) is 9.68 Å². The number of carbonyl (C=O) groups is 1. The molecule has 1 heterocycles. The van der Waals surface area contributed by atoms with Gasteiger partial charge in [-0.1, -0.05) is 24.3 Å². The maximum Gasteiger partial charge on any atom is 0.301 e. The molecular formula is C11H4N2O2. The van der Waals surface area contributed by atoms with Crippen molar-refractivity contribution in [2.45, 2.75) is 0 Å². The van der Waals surface area contributed by atoms with Gasteiger partial charge in [-0.2, -0.15) is 10.2 Å². The van der Waals surface area contributed by atoms with Gasteiger partial charge in [-0.3, -0.25) is 4.79 Å². The van der Waals surface area contributed by atoms with Gasteiger partial charge in [-0.05, 0) is 0 Å². The van der Waals surface area contributed by atoms with Crippen LogP contribution in [0.3, 0.4) is 0 Å². The number of oxazole rings is 1. The molecule has 3 rings (SSSR count). The third-order valence-electron chi connectivity index (χ3n) is 2.35. The number of hydrogen-bond donors (Lipinski definition) is 0. The summed E-state index contributed by atoms with van der Waals surface area (Å²) in [6, 6.07) is 8.88. The molecule has 4 heteroatoms. The lowest BCUT2D eigenvalue weighted by Crippen LogP contribution is -1.96. The quantitative estimate of drug-likeness (QED) is 0.549. The number of rotatable bonds is 0. The maximum absolute atomic E-state index is 11.8. The Bertz CT molecular complexity index is 620. The molecule has 0 spiro atoms. The lowest BCUT2D eigenvalue weighted by atomic mass is 10.1. The summed E-state index contributed by atoms with van der Waals surface area (Å²) < 4.78 is 5.18. The van der Waals surface area contributed by atoms with Crippen LogP contribution < -0.4 is 0 Å². The molecule has 1 aliphatic carbocycles. The summed E-state index contributed by atoms with van der Waals surface area (Å²) in [6.07, 6.45) is 0. The van der Waals surface area contributed by atoms with Gasteiger partial charge in [-0.15, -0.1) is 0 Å². The summed E-state index contributed by atoms with van der Waals surface area (Å²) in [4.78, 5) is 15.6. The van der Waals surface area contributed by atoms with E-state index in [1.807, 2.05) is 6.07 Å². The minimum Gasteiger partial charge on any atom is -0.428 e. The first-order valence-corrected chi connectivity index (χ1v) is 4.36. The van der Waals surface area contributed by atoms with Crippen molar-refractivity contribution >= 4 is 5.78 Å². The summed E-state index contributed by atoms with van der Waals surface area (Å²) in [5.41, 5.74) is 1.54. The lowest BCUT2D eigenvalue weighted by molar-refractivity contribution is 0.103. The fraction of sp³-hybridized carbons (Fsp3) is 0. The van der Waals surface area contributed by atoms with Gasteiger partial charge in [0.1, 0.15) is 0 Å². The topological polar surface area (TPSA) is 66.9 Å². The zero-order valence-corrected chi connectivity index (χ0v) is 7.52. The van der Waals surface area contributed by atoms with E-state index < -0.39 is 0 Å². The molecule has 0 unspecified atom stereocenters. The van der Waals surface area contributed by atoms with E-state index in [0.717, 1.165) is 0 Å².